The minimum absolute atomic E-state index is 0.0395. The highest BCUT2D eigenvalue weighted by molar-refractivity contribution is 5.69. The van der Waals surface area contributed by atoms with E-state index in [1.165, 1.54) is 0 Å². The van der Waals surface area contributed by atoms with Crippen LogP contribution in [0.4, 0.5) is 0 Å². The fourth-order valence-electron chi connectivity index (χ4n) is 8.37. The number of rotatable bonds is 24. The molecule has 2 heterocycles. The molecule has 10 heteroatoms. The lowest BCUT2D eigenvalue weighted by Gasteiger charge is -2.49. The molecular formula is C55H66O10. The Hall–Kier alpha value is -4.75. The van der Waals surface area contributed by atoms with Crippen LogP contribution < -0.4 is 0 Å². The molecule has 2 aliphatic rings. The fraction of sp³-hybridized carbons (Fsp3) is 0.436. The Kier molecular flexibility index (Phi) is 19.1. The first-order valence-corrected chi connectivity index (χ1v) is 23.3. The molecule has 2 fully saturated rings. The predicted octanol–water partition coefficient (Wildman–Crippen LogP) is 10.4. The van der Waals surface area contributed by atoms with E-state index < -0.39 is 49.2 Å². The van der Waals surface area contributed by atoms with Gasteiger partial charge in [-0.2, -0.15) is 0 Å². The van der Waals surface area contributed by atoms with Crippen molar-refractivity contribution in [3.05, 3.63) is 179 Å². The van der Waals surface area contributed by atoms with Gasteiger partial charge in [0.1, 0.15) is 31.0 Å². The van der Waals surface area contributed by atoms with Crippen LogP contribution in [0.2, 0.25) is 0 Å². The van der Waals surface area contributed by atoms with Crippen LogP contribution in [0.1, 0.15) is 74.3 Å². The molecule has 2 saturated heterocycles. The van der Waals surface area contributed by atoms with Crippen molar-refractivity contribution in [1.29, 1.82) is 0 Å². The summed E-state index contributed by atoms with van der Waals surface area (Å²) in [5, 5.41) is 0. The van der Waals surface area contributed by atoms with Crippen LogP contribution in [-0.4, -0.2) is 68.4 Å². The van der Waals surface area contributed by atoms with Gasteiger partial charge in [-0.25, -0.2) is 0 Å². The number of ether oxygens (including phenoxy) is 9. The minimum atomic E-state index is -0.991. The van der Waals surface area contributed by atoms with Crippen LogP contribution in [-0.2, 0) is 80.5 Å². The lowest BCUT2D eigenvalue weighted by molar-refractivity contribution is -0.377. The van der Waals surface area contributed by atoms with E-state index in [1.807, 2.05) is 140 Å². The molecule has 0 radical (unpaired) electrons. The van der Waals surface area contributed by atoms with Gasteiger partial charge < -0.3 is 42.6 Å². The molecule has 5 aromatic carbocycles. The largest absolute Gasteiger partial charge is 0.463 e. The number of benzene rings is 5. The molecule has 0 aliphatic carbocycles. The molecule has 10 nitrogen and oxygen atoms in total. The first-order chi connectivity index (χ1) is 31.9. The molecule has 2 aliphatic heterocycles. The summed E-state index contributed by atoms with van der Waals surface area (Å²) in [4.78, 5) is 13.0. The second kappa shape index (κ2) is 25.8. The highest BCUT2D eigenvalue weighted by atomic mass is 16.8. The van der Waals surface area contributed by atoms with Gasteiger partial charge in [0.05, 0.1) is 51.8 Å². The fourth-order valence-corrected chi connectivity index (χ4v) is 8.37. The van der Waals surface area contributed by atoms with Crippen LogP contribution in [0, 0.1) is 11.8 Å². The quantitative estimate of drug-likeness (QED) is 0.0440. The molecule has 0 bridgehead atoms. The van der Waals surface area contributed by atoms with Crippen LogP contribution in [0.15, 0.2) is 152 Å². The SMILES string of the molecule is CCCCCC(=O)OCC1O[C@H](O[C@H]2OC(COCc3ccccc3)[C@@H](OCc3ccccc3)C(OCc3ccccc3)C2C)C(OCc2ccccc2)[C@@H](OCc2ccccc2)[C@@H]1C. The van der Waals surface area contributed by atoms with Gasteiger partial charge >= 0.3 is 5.97 Å². The molecular weight excluding hydrogens is 821 g/mol. The number of unbranched alkanes of at least 4 members (excludes halogenated alkanes) is 2. The summed E-state index contributed by atoms with van der Waals surface area (Å²) in [7, 11) is 0. The van der Waals surface area contributed by atoms with Gasteiger partial charge in [-0.15, -0.1) is 0 Å². The Balaban J connectivity index is 1.19. The molecule has 0 N–H and O–H groups in total. The molecule has 7 rings (SSSR count). The maximum atomic E-state index is 13.0. The van der Waals surface area contributed by atoms with Gasteiger partial charge in [-0.1, -0.05) is 185 Å². The molecule has 0 saturated carbocycles. The van der Waals surface area contributed by atoms with E-state index in [4.69, 9.17) is 42.6 Å². The Morgan fingerprint density at radius 2 is 0.877 bits per heavy atom. The molecule has 65 heavy (non-hydrogen) atoms. The maximum Gasteiger partial charge on any atom is 0.305 e. The van der Waals surface area contributed by atoms with Gasteiger partial charge in [-0.05, 0) is 34.2 Å². The monoisotopic (exact) mass is 886 g/mol. The highest BCUT2D eigenvalue weighted by Crippen LogP contribution is 2.38. The Morgan fingerprint density at radius 1 is 0.462 bits per heavy atom. The first-order valence-electron chi connectivity index (χ1n) is 23.3. The third-order valence-corrected chi connectivity index (χ3v) is 12.1. The predicted molar refractivity (Wildman–Crippen MR) is 248 cm³/mol. The Labute approximate surface area is 385 Å². The van der Waals surface area contributed by atoms with E-state index in [9.17, 15) is 4.79 Å². The normalized spacial score (nSPS) is 25.5. The summed E-state index contributed by atoms with van der Waals surface area (Å²) < 4.78 is 60.7. The van der Waals surface area contributed by atoms with Crippen molar-refractivity contribution in [1.82, 2.24) is 0 Å². The average Bonchev–Trinajstić information content (AvgIpc) is 3.34. The van der Waals surface area contributed by atoms with Gasteiger partial charge in [0.2, 0.25) is 0 Å². The van der Waals surface area contributed by atoms with E-state index in [2.05, 4.69) is 32.9 Å². The average molecular weight is 887 g/mol. The zero-order valence-corrected chi connectivity index (χ0v) is 38.1. The van der Waals surface area contributed by atoms with Gasteiger partial charge in [0.25, 0.3) is 0 Å². The minimum Gasteiger partial charge on any atom is -0.463 e. The smallest absolute Gasteiger partial charge is 0.305 e. The number of hydrogen-bond donors (Lipinski definition) is 0. The zero-order valence-electron chi connectivity index (χ0n) is 38.1. The first kappa shape index (κ1) is 48.2. The topological polar surface area (TPSA) is 100 Å². The van der Waals surface area contributed by atoms with Crippen molar-refractivity contribution in [2.45, 2.75) is 129 Å². The molecule has 10 atom stereocenters. The van der Waals surface area contributed by atoms with E-state index in [0.29, 0.717) is 39.5 Å². The van der Waals surface area contributed by atoms with Crippen molar-refractivity contribution < 1.29 is 47.4 Å². The van der Waals surface area contributed by atoms with Crippen LogP contribution in [0.3, 0.4) is 0 Å². The van der Waals surface area contributed by atoms with E-state index in [-0.39, 0.29) is 31.0 Å². The number of carbonyl (C=O) groups excluding carboxylic acids is 1. The number of carbonyl (C=O) groups is 1. The summed E-state index contributed by atoms with van der Waals surface area (Å²) in [5.41, 5.74) is 5.13. The lowest BCUT2D eigenvalue weighted by Crippen LogP contribution is -2.62. The highest BCUT2D eigenvalue weighted by Gasteiger charge is 2.51. The second-order valence-corrected chi connectivity index (χ2v) is 17.1. The Morgan fingerprint density at radius 3 is 1.35 bits per heavy atom. The lowest BCUT2D eigenvalue weighted by atomic mass is 9.89. The summed E-state index contributed by atoms with van der Waals surface area (Å²) in [6.45, 7) is 8.21. The van der Waals surface area contributed by atoms with Crippen LogP contribution in [0.5, 0.6) is 0 Å². The molecule has 5 unspecified atom stereocenters. The van der Waals surface area contributed by atoms with Gasteiger partial charge in [0, 0.05) is 18.3 Å². The van der Waals surface area contributed by atoms with E-state index >= 15 is 0 Å². The summed E-state index contributed by atoms with van der Waals surface area (Å²) >= 11 is 0. The third kappa shape index (κ3) is 14.6. The van der Waals surface area contributed by atoms with Crippen molar-refractivity contribution in [2.75, 3.05) is 13.2 Å². The van der Waals surface area contributed by atoms with Crippen LogP contribution >= 0.6 is 0 Å². The Bertz CT molecular complexity index is 2060. The molecule has 0 spiro atoms. The number of hydrogen-bond acceptors (Lipinski definition) is 10. The molecule has 346 valence electrons. The van der Waals surface area contributed by atoms with Crippen molar-refractivity contribution in [3.8, 4) is 0 Å². The molecule has 0 aromatic heterocycles. The third-order valence-electron chi connectivity index (χ3n) is 12.1. The molecule has 5 aromatic rings. The van der Waals surface area contributed by atoms with Crippen molar-refractivity contribution >= 4 is 5.97 Å². The van der Waals surface area contributed by atoms with Crippen LogP contribution in [0.25, 0.3) is 0 Å². The van der Waals surface area contributed by atoms with Gasteiger partial charge in [0.15, 0.2) is 12.6 Å². The second-order valence-electron chi connectivity index (χ2n) is 17.1. The molecule has 0 amide bonds. The summed E-state index contributed by atoms with van der Waals surface area (Å²) in [5.74, 6) is -0.858. The summed E-state index contributed by atoms with van der Waals surface area (Å²) in [6, 6.07) is 50.4. The van der Waals surface area contributed by atoms with E-state index in [1.54, 1.807) is 0 Å². The van der Waals surface area contributed by atoms with E-state index in [0.717, 1.165) is 47.1 Å². The number of esters is 1. The van der Waals surface area contributed by atoms with Crippen molar-refractivity contribution in [3.63, 3.8) is 0 Å². The van der Waals surface area contributed by atoms with Crippen molar-refractivity contribution in [2.24, 2.45) is 11.8 Å². The maximum absolute atomic E-state index is 13.0. The summed E-state index contributed by atoms with van der Waals surface area (Å²) in [6.07, 6.45) is -2.14. The standard InChI is InChI=1S/C55H66O10/c1-4-5-11-32-49(56)58-39-47-40(2)50(59-34-43-24-14-7-15-25-43)53(62-37-46-30-20-10-21-31-46)55(63-47)65-54-41(3)51(60-35-44-26-16-8-17-27-44)52(61-36-45-28-18-9-19-29-45)48(64-54)38-57-33-42-22-12-6-13-23-42/h6-10,12-31,40-41,47-48,50-55H,4-5,11,32-39H2,1-3H3/t40-,41?,47?,48?,50+,51?,52-,53?,54-,55-/m1/s1. The van der Waals surface area contributed by atoms with Gasteiger partial charge in [-0.3, -0.25) is 4.79 Å². The zero-order chi connectivity index (χ0) is 45.1.